The van der Waals surface area contributed by atoms with Gasteiger partial charge in [0.15, 0.2) is 0 Å². The Bertz CT molecular complexity index is 1070. The highest BCUT2D eigenvalue weighted by Gasteiger charge is 2.16. The Kier molecular flexibility index (Phi) is 6.49. The van der Waals surface area contributed by atoms with E-state index >= 15 is 0 Å². The third-order valence-electron chi connectivity index (χ3n) is 4.30. The van der Waals surface area contributed by atoms with E-state index in [2.05, 4.69) is 15.3 Å². The monoisotopic (exact) mass is 405 g/mol. The van der Waals surface area contributed by atoms with Crippen LogP contribution in [0.2, 0.25) is 0 Å². The Hall–Kier alpha value is -4.07. The molecule has 1 heterocycles. The number of amidine groups is 1. The molecule has 0 fully saturated rings. The molecule has 2 aromatic carbocycles. The van der Waals surface area contributed by atoms with E-state index in [9.17, 15) is 9.18 Å². The molecule has 0 aliphatic rings. The second kappa shape index (κ2) is 9.42. The van der Waals surface area contributed by atoms with Gasteiger partial charge in [-0.05, 0) is 47.5 Å². The summed E-state index contributed by atoms with van der Waals surface area (Å²) in [5.74, 6) is -0.745. The Morgan fingerprint density at radius 1 is 1.20 bits per heavy atom. The number of halogens is 1. The van der Waals surface area contributed by atoms with Crippen LogP contribution >= 0.6 is 0 Å². The van der Waals surface area contributed by atoms with E-state index in [1.807, 2.05) is 6.07 Å². The van der Waals surface area contributed by atoms with Gasteiger partial charge < -0.3 is 21.2 Å². The molecule has 0 spiro atoms. The van der Waals surface area contributed by atoms with Gasteiger partial charge in [0, 0.05) is 23.7 Å². The minimum atomic E-state index is -0.549. The first kappa shape index (κ1) is 20.7. The van der Waals surface area contributed by atoms with Crippen molar-refractivity contribution in [2.75, 3.05) is 12.4 Å². The highest BCUT2D eigenvalue weighted by Crippen LogP contribution is 2.28. The van der Waals surface area contributed by atoms with E-state index in [0.29, 0.717) is 16.8 Å². The molecule has 1 unspecified atom stereocenters. The molecular formula is C22H20FN5O2. The van der Waals surface area contributed by atoms with Gasteiger partial charge in [-0.1, -0.05) is 24.3 Å². The Morgan fingerprint density at radius 2 is 1.97 bits per heavy atom. The van der Waals surface area contributed by atoms with Crippen LogP contribution in [0.25, 0.3) is 0 Å². The van der Waals surface area contributed by atoms with Crippen molar-refractivity contribution in [2.24, 2.45) is 10.7 Å². The normalized spacial score (nSPS) is 12.1. The van der Waals surface area contributed by atoms with Gasteiger partial charge in [0.2, 0.25) is 0 Å². The molecule has 1 amide bonds. The Balaban J connectivity index is 1.89. The summed E-state index contributed by atoms with van der Waals surface area (Å²) in [6.07, 6.45) is 2.60. The van der Waals surface area contributed by atoms with Crippen LogP contribution in [-0.4, -0.2) is 30.2 Å². The van der Waals surface area contributed by atoms with Crippen molar-refractivity contribution < 1.29 is 13.9 Å². The zero-order valence-corrected chi connectivity index (χ0v) is 16.2. The van der Waals surface area contributed by atoms with E-state index < -0.39 is 6.04 Å². The highest BCUT2D eigenvalue weighted by molar-refractivity contribution is 6.03. The lowest BCUT2D eigenvalue weighted by molar-refractivity contribution is 0.102. The van der Waals surface area contributed by atoms with Crippen LogP contribution in [0.5, 0.6) is 0 Å². The van der Waals surface area contributed by atoms with Crippen LogP contribution in [-0.2, 0) is 4.74 Å². The van der Waals surface area contributed by atoms with E-state index in [1.165, 1.54) is 25.4 Å². The highest BCUT2D eigenvalue weighted by atomic mass is 19.1. The van der Waals surface area contributed by atoms with Gasteiger partial charge in [-0.2, -0.15) is 0 Å². The zero-order valence-electron chi connectivity index (χ0n) is 16.2. The largest absolute Gasteiger partial charge is 0.469 e. The van der Waals surface area contributed by atoms with Crippen molar-refractivity contribution in [3.8, 4) is 0 Å². The fraction of sp³-hybridized carbons (Fsp3) is 0.0909. The summed E-state index contributed by atoms with van der Waals surface area (Å²) in [5.41, 5.74) is 8.56. The number of nitrogens with two attached hydrogens (primary N) is 1. The van der Waals surface area contributed by atoms with Gasteiger partial charge in [0.05, 0.1) is 7.11 Å². The summed E-state index contributed by atoms with van der Waals surface area (Å²) in [4.78, 5) is 20.9. The lowest BCUT2D eigenvalue weighted by Gasteiger charge is -2.16. The van der Waals surface area contributed by atoms with Crippen molar-refractivity contribution in [2.45, 2.75) is 6.04 Å². The average Bonchev–Trinajstić information content (AvgIpc) is 2.78. The van der Waals surface area contributed by atoms with Crippen molar-refractivity contribution in [1.29, 1.82) is 5.41 Å². The first-order valence-corrected chi connectivity index (χ1v) is 9.00. The molecule has 8 heteroatoms. The van der Waals surface area contributed by atoms with E-state index in [1.54, 1.807) is 42.5 Å². The third kappa shape index (κ3) is 5.05. The Labute approximate surface area is 173 Å². The summed E-state index contributed by atoms with van der Waals surface area (Å²) in [6, 6.07) is 15.6. The number of benzene rings is 2. The zero-order chi connectivity index (χ0) is 21.5. The number of aliphatic imine (C=N–C) groups is 1. The predicted octanol–water partition coefficient (Wildman–Crippen LogP) is 3.52. The number of methoxy groups -OCH3 is 1. The minimum absolute atomic E-state index is 0.0192. The standard InChI is InChI=1S/C22H20FN5O2/c1-30-22(25)28-20(15-6-8-17(23)9-7-15)16-3-2-4-18(11-16)27-21(29)19-10-5-14(12-24)13-26-19/h2-13,20,24H,1H3,(H2,25,28)(H,27,29). The number of carbonyl (C=O) groups is 1. The fourth-order valence-electron chi connectivity index (χ4n) is 2.77. The smallest absolute Gasteiger partial charge is 0.282 e. The number of nitrogens with one attached hydrogen (secondary N) is 2. The average molecular weight is 405 g/mol. The van der Waals surface area contributed by atoms with Gasteiger partial charge in [-0.3, -0.25) is 9.78 Å². The molecule has 0 aliphatic carbocycles. The van der Waals surface area contributed by atoms with E-state index in [4.69, 9.17) is 15.9 Å². The number of anilines is 1. The van der Waals surface area contributed by atoms with Gasteiger partial charge in [0.25, 0.3) is 11.9 Å². The number of pyridine rings is 1. The van der Waals surface area contributed by atoms with E-state index in [-0.39, 0.29) is 23.4 Å². The molecule has 0 aliphatic heterocycles. The predicted molar refractivity (Wildman–Crippen MR) is 113 cm³/mol. The number of nitrogens with zero attached hydrogens (tertiary/aromatic N) is 2. The quantitative estimate of drug-likeness (QED) is 0.430. The molecule has 152 valence electrons. The van der Waals surface area contributed by atoms with Crippen molar-refractivity contribution in [1.82, 2.24) is 4.98 Å². The second-order valence-electron chi connectivity index (χ2n) is 6.33. The summed E-state index contributed by atoms with van der Waals surface area (Å²) in [7, 11) is 1.41. The number of carbonyl (C=O) groups excluding carboxylic acids is 1. The number of aromatic nitrogens is 1. The topological polar surface area (TPSA) is 113 Å². The van der Waals surface area contributed by atoms with E-state index in [0.717, 1.165) is 11.8 Å². The van der Waals surface area contributed by atoms with Crippen molar-refractivity contribution in [3.05, 3.63) is 95.1 Å². The number of hydrogen-bond donors (Lipinski definition) is 3. The van der Waals surface area contributed by atoms with Gasteiger partial charge in [0.1, 0.15) is 17.6 Å². The maximum absolute atomic E-state index is 13.3. The van der Waals surface area contributed by atoms with Gasteiger partial charge >= 0.3 is 0 Å². The molecular weight excluding hydrogens is 385 g/mol. The molecule has 0 radical (unpaired) electrons. The number of hydrogen-bond acceptors (Lipinski definition) is 5. The Morgan fingerprint density at radius 3 is 2.60 bits per heavy atom. The summed E-state index contributed by atoms with van der Waals surface area (Å²) >= 11 is 0. The number of rotatable bonds is 6. The fourth-order valence-corrected chi connectivity index (χ4v) is 2.77. The van der Waals surface area contributed by atoms with Crippen LogP contribution in [0.4, 0.5) is 10.1 Å². The molecule has 7 nitrogen and oxygen atoms in total. The maximum Gasteiger partial charge on any atom is 0.282 e. The maximum atomic E-state index is 13.3. The lowest BCUT2D eigenvalue weighted by Crippen LogP contribution is -2.16. The molecule has 3 aromatic rings. The molecule has 0 saturated heterocycles. The second-order valence-corrected chi connectivity index (χ2v) is 6.33. The van der Waals surface area contributed by atoms with Crippen LogP contribution in [0.3, 0.4) is 0 Å². The minimum Gasteiger partial charge on any atom is -0.469 e. The first-order chi connectivity index (χ1) is 14.5. The number of ether oxygens (including phenoxy) is 1. The summed E-state index contributed by atoms with van der Waals surface area (Å²) in [6.45, 7) is 0. The summed E-state index contributed by atoms with van der Waals surface area (Å²) in [5, 5.41) is 9.98. The van der Waals surface area contributed by atoms with Crippen LogP contribution < -0.4 is 11.1 Å². The molecule has 0 bridgehead atoms. The third-order valence-corrected chi connectivity index (χ3v) is 4.30. The number of amides is 1. The van der Waals surface area contributed by atoms with Crippen molar-refractivity contribution >= 4 is 23.8 Å². The molecule has 0 saturated carbocycles. The molecule has 30 heavy (non-hydrogen) atoms. The van der Waals surface area contributed by atoms with Crippen LogP contribution in [0.15, 0.2) is 71.9 Å². The van der Waals surface area contributed by atoms with Crippen molar-refractivity contribution in [3.63, 3.8) is 0 Å². The lowest BCUT2D eigenvalue weighted by atomic mass is 9.98. The molecule has 1 atom stereocenters. The summed E-state index contributed by atoms with van der Waals surface area (Å²) < 4.78 is 18.3. The van der Waals surface area contributed by atoms with Crippen LogP contribution in [0.1, 0.15) is 33.2 Å². The van der Waals surface area contributed by atoms with Gasteiger partial charge in [-0.25, -0.2) is 9.38 Å². The molecule has 3 rings (SSSR count). The first-order valence-electron chi connectivity index (χ1n) is 9.00. The SMILES string of the molecule is COC(N)=NC(c1ccc(F)cc1)c1cccc(NC(=O)c2ccc(C=N)cn2)c1. The van der Waals surface area contributed by atoms with Gasteiger partial charge in [-0.15, -0.1) is 0 Å². The van der Waals surface area contributed by atoms with Crippen LogP contribution in [0, 0.1) is 11.2 Å². The molecule has 4 N–H and O–H groups in total. The molecule has 1 aromatic heterocycles.